The third-order valence-corrected chi connectivity index (χ3v) is 3.74. The molecule has 0 aromatic heterocycles. The van der Waals surface area contributed by atoms with E-state index in [1.54, 1.807) is 0 Å². The van der Waals surface area contributed by atoms with Gasteiger partial charge < -0.3 is 14.8 Å². The van der Waals surface area contributed by atoms with Gasteiger partial charge in [-0.25, -0.2) is 0 Å². The summed E-state index contributed by atoms with van der Waals surface area (Å²) in [7, 11) is 0. The van der Waals surface area contributed by atoms with Crippen LogP contribution in [0.4, 0.5) is 0 Å². The zero-order chi connectivity index (χ0) is 15.4. The van der Waals surface area contributed by atoms with Gasteiger partial charge in [0.15, 0.2) is 6.10 Å². The van der Waals surface area contributed by atoms with E-state index >= 15 is 0 Å². The van der Waals surface area contributed by atoms with E-state index in [0.717, 1.165) is 16.9 Å². The third kappa shape index (κ3) is 3.28. The molecule has 0 bridgehead atoms. The molecule has 0 radical (unpaired) electrons. The third-order valence-electron chi connectivity index (χ3n) is 3.74. The minimum atomic E-state index is -0.261. The molecule has 1 fully saturated rings. The van der Waals surface area contributed by atoms with E-state index < -0.39 is 0 Å². The standard InChI is InChI=1S/C18H19NO3/c1-13-7-5-6-10-15(13)22-18(14-8-3-2-4-9-14)16-11-19-17(20)12-21-16/h2-10,16,18H,11-12H2,1H3,(H,19,20)/t16-,18+/m1/s1. The molecule has 0 saturated carbocycles. The van der Waals surface area contributed by atoms with E-state index in [1.165, 1.54) is 0 Å². The topological polar surface area (TPSA) is 47.6 Å². The lowest BCUT2D eigenvalue weighted by atomic mass is 10.0. The summed E-state index contributed by atoms with van der Waals surface area (Å²) >= 11 is 0. The van der Waals surface area contributed by atoms with E-state index in [4.69, 9.17) is 9.47 Å². The van der Waals surface area contributed by atoms with Crippen molar-refractivity contribution in [1.82, 2.24) is 5.32 Å². The molecule has 3 rings (SSSR count). The summed E-state index contributed by atoms with van der Waals surface area (Å²) in [4.78, 5) is 11.3. The second kappa shape index (κ2) is 6.62. The fourth-order valence-corrected chi connectivity index (χ4v) is 2.53. The van der Waals surface area contributed by atoms with E-state index in [1.807, 2.05) is 61.5 Å². The second-order valence-corrected chi connectivity index (χ2v) is 5.37. The summed E-state index contributed by atoms with van der Waals surface area (Å²) in [5, 5.41) is 2.84. The number of aryl methyl sites for hydroxylation is 1. The van der Waals surface area contributed by atoms with Crippen LogP contribution in [0, 0.1) is 6.92 Å². The number of nitrogens with one attached hydrogen (secondary N) is 1. The number of amides is 1. The zero-order valence-electron chi connectivity index (χ0n) is 12.5. The summed E-state index contributed by atoms with van der Waals surface area (Å²) < 4.78 is 11.9. The first-order valence-corrected chi connectivity index (χ1v) is 7.39. The van der Waals surface area contributed by atoms with Gasteiger partial charge in [-0.3, -0.25) is 4.79 Å². The van der Waals surface area contributed by atoms with E-state index in [0.29, 0.717) is 6.54 Å². The van der Waals surface area contributed by atoms with Gasteiger partial charge in [0.1, 0.15) is 18.5 Å². The van der Waals surface area contributed by atoms with Crippen LogP contribution >= 0.6 is 0 Å². The molecule has 1 aliphatic rings. The van der Waals surface area contributed by atoms with Gasteiger partial charge >= 0.3 is 0 Å². The molecule has 1 amide bonds. The molecule has 1 heterocycles. The Hall–Kier alpha value is -2.33. The highest BCUT2D eigenvalue weighted by Gasteiger charge is 2.30. The van der Waals surface area contributed by atoms with E-state index in [9.17, 15) is 4.79 Å². The van der Waals surface area contributed by atoms with Gasteiger partial charge in [-0.2, -0.15) is 0 Å². The maximum atomic E-state index is 11.3. The Labute approximate surface area is 130 Å². The van der Waals surface area contributed by atoms with Gasteiger partial charge in [0, 0.05) is 6.54 Å². The number of para-hydroxylation sites is 1. The predicted octanol–water partition coefficient (Wildman–Crippen LogP) is 2.63. The number of carbonyl (C=O) groups is 1. The largest absolute Gasteiger partial charge is 0.483 e. The average molecular weight is 297 g/mol. The van der Waals surface area contributed by atoms with Crippen LogP contribution in [0.15, 0.2) is 54.6 Å². The van der Waals surface area contributed by atoms with Crippen molar-refractivity contribution in [3.63, 3.8) is 0 Å². The van der Waals surface area contributed by atoms with Gasteiger partial charge in [0.25, 0.3) is 0 Å². The molecule has 4 nitrogen and oxygen atoms in total. The lowest BCUT2D eigenvalue weighted by molar-refractivity contribution is -0.137. The van der Waals surface area contributed by atoms with Crippen LogP contribution in [0.25, 0.3) is 0 Å². The van der Waals surface area contributed by atoms with Crippen molar-refractivity contribution >= 4 is 5.91 Å². The maximum absolute atomic E-state index is 11.3. The second-order valence-electron chi connectivity index (χ2n) is 5.37. The first-order valence-electron chi connectivity index (χ1n) is 7.39. The molecular weight excluding hydrogens is 278 g/mol. The van der Waals surface area contributed by atoms with Crippen LogP contribution in [-0.2, 0) is 9.53 Å². The Morgan fingerprint density at radius 1 is 1.14 bits per heavy atom. The normalized spacial score (nSPS) is 19.3. The average Bonchev–Trinajstić information content (AvgIpc) is 2.56. The minimum absolute atomic E-state index is 0.0745. The number of rotatable bonds is 4. The van der Waals surface area contributed by atoms with Crippen molar-refractivity contribution in [2.24, 2.45) is 0 Å². The number of morpholine rings is 1. The zero-order valence-corrected chi connectivity index (χ0v) is 12.5. The van der Waals surface area contributed by atoms with Crippen molar-refractivity contribution < 1.29 is 14.3 Å². The number of hydrogen-bond donors (Lipinski definition) is 1. The minimum Gasteiger partial charge on any atom is -0.483 e. The van der Waals surface area contributed by atoms with Crippen molar-refractivity contribution in [3.8, 4) is 5.75 Å². The smallest absolute Gasteiger partial charge is 0.246 e. The molecule has 114 valence electrons. The molecule has 0 unspecified atom stereocenters. The molecule has 1 saturated heterocycles. The van der Waals surface area contributed by atoms with Crippen LogP contribution in [0.5, 0.6) is 5.75 Å². The summed E-state index contributed by atoms with van der Waals surface area (Å²) in [6, 6.07) is 17.9. The molecule has 2 aromatic rings. The summed E-state index contributed by atoms with van der Waals surface area (Å²) in [5.41, 5.74) is 2.11. The number of ether oxygens (including phenoxy) is 2. The Kier molecular flexibility index (Phi) is 4.39. The summed E-state index contributed by atoms with van der Waals surface area (Å²) in [6.45, 7) is 2.54. The van der Waals surface area contributed by atoms with Crippen molar-refractivity contribution in [1.29, 1.82) is 0 Å². The van der Waals surface area contributed by atoms with Crippen LogP contribution < -0.4 is 10.1 Å². The Morgan fingerprint density at radius 2 is 1.86 bits per heavy atom. The molecule has 22 heavy (non-hydrogen) atoms. The monoisotopic (exact) mass is 297 g/mol. The predicted molar refractivity (Wildman–Crippen MR) is 83.7 cm³/mol. The quantitative estimate of drug-likeness (QED) is 0.943. The highest BCUT2D eigenvalue weighted by Crippen LogP contribution is 2.29. The van der Waals surface area contributed by atoms with Gasteiger partial charge in [-0.05, 0) is 24.1 Å². The highest BCUT2D eigenvalue weighted by atomic mass is 16.5. The fraction of sp³-hybridized carbons (Fsp3) is 0.278. The first kappa shape index (κ1) is 14.6. The van der Waals surface area contributed by atoms with Gasteiger partial charge in [-0.1, -0.05) is 48.5 Å². The molecule has 1 N–H and O–H groups in total. The lowest BCUT2D eigenvalue weighted by Gasteiger charge is -2.31. The number of benzene rings is 2. The molecule has 2 aromatic carbocycles. The van der Waals surface area contributed by atoms with Gasteiger partial charge in [0.05, 0.1) is 0 Å². The van der Waals surface area contributed by atoms with Crippen molar-refractivity contribution in [3.05, 3.63) is 65.7 Å². The molecule has 2 atom stereocenters. The van der Waals surface area contributed by atoms with Crippen LogP contribution in [-0.4, -0.2) is 25.2 Å². The molecular formula is C18H19NO3. The summed E-state index contributed by atoms with van der Waals surface area (Å²) in [6.07, 6.45) is -0.470. The summed E-state index contributed by atoms with van der Waals surface area (Å²) in [5.74, 6) is 0.746. The van der Waals surface area contributed by atoms with Crippen molar-refractivity contribution in [2.45, 2.75) is 19.1 Å². The molecule has 0 spiro atoms. The first-order chi connectivity index (χ1) is 10.7. The number of carbonyl (C=O) groups excluding carboxylic acids is 1. The Bertz CT molecular complexity index is 632. The SMILES string of the molecule is Cc1ccccc1O[C@@H](c1ccccc1)[C@H]1CNC(=O)CO1. The highest BCUT2D eigenvalue weighted by molar-refractivity contribution is 5.77. The van der Waals surface area contributed by atoms with E-state index in [-0.39, 0.29) is 24.7 Å². The fourth-order valence-electron chi connectivity index (χ4n) is 2.53. The molecule has 1 aliphatic heterocycles. The Morgan fingerprint density at radius 3 is 2.55 bits per heavy atom. The molecule has 4 heteroatoms. The molecule has 0 aliphatic carbocycles. The maximum Gasteiger partial charge on any atom is 0.246 e. The lowest BCUT2D eigenvalue weighted by Crippen LogP contribution is -2.46. The van der Waals surface area contributed by atoms with Crippen LogP contribution in [0.2, 0.25) is 0 Å². The van der Waals surface area contributed by atoms with Crippen LogP contribution in [0.1, 0.15) is 17.2 Å². The van der Waals surface area contributed by atoms with Gasteiger partial charge in [-0.15, -0.1) is 0 Å². The Balaban J connectivity index is 1.86. The van der Waals surface area contributed by atoms with E-state index in [2.05, 4.69) is 5.32 Å². The van der Waals surface area contributed by atoms with Gasteiger partial charge in [0.2, 0.25) is 5.91 Å². The number of hydrogen-bond acceptors (Lipinski definition) is 3. The van der Waals surface area contributed by atoms with Crippen molar-refractivity contribution in [2.75, 3.05) is 13.2 Å². The van der Waals surface area contributed by atoms with Crippen LogP contribution in [0.3, 0.4) is 0 Å².